The van der Waals surface area contributed by atoms with E-state index in [1.54, 1.807) is 4.90 Å². The van der Waals surface area contributed by atoms with Crippen LogP contribution in [0.5, 0.6) is 0 Å². The summed E-state index contributed by atoms with van der Waals surface area (Å²) in [6, 6.07) is 14.9. The first-order valence-corrected chi connectivity index (χ1v) is 10.2. The molecule has 6 heteroatoms. The number of amides is 1. The number of anilines is 1. The highest BCUT2D eigenvalue weighted by Crippen LogP contribution is 2.23. The molecule has 2 aliphatic rings. The van der Waals surface area contributed by atoms with Gasteiger partial charge in [-0.1, -0.05) is 18.2 Å². The first-order chi connectivity index (χ1) is 13.7. The number of hydrogen-bond acceptors (Lipinski definition) is 5. The van der Waals surface area contributed by atoms with Gasteiger partial charge in [-0.25, -0.2) is 4.98 Å². The highest BCUT2D eigenvalue weighted by atomic mass is 16.2. The molecule has 2 aliphatic heterocycles. The number of likely N-dealkylation sites (tertiary alicyclic amines) is 2. The van der Waals surface area contributed by atoms with Crippen molar-refractivity contribution in [2.75, 3.05) is 38.1 Å². The molecule has 2 fully saturated rings. The fraction of sp³-hybridized carbons (Fsp3) is 0.500. The van der Waals surface area contributed by atoms with Gasteiger partial charge in [0.15, 0.2) is 0 Å². The molecule has 2 aromatic rings. The summed E-state index contributed by atoms with van der Waals surface area (Å²) < 4.78 is 0. The average Bonchev–Trinajstić information content (AvgIpc) is 3.22. The van der Waals surface area contributed by atoms with Crippen LogP contribution in [-0.4, -0.2) is 66.0 Å². The summed E-state index contributed by atoms with van der Waals surface area (Å²) in [6.07, 6.45) is 3.78. The topological polar surface area (TPSA) is 63.5 Å². The van der Waals surface area contributed by atoms with Gasteiger partial charge in [0.25, 0.3) is 0 Å². The lowest BCUT2D eigenvalue weighted by molar-refractivity contribution is -0.132. The van der Waals surface area contributed by atoms with E-state index in [1.807, 2.05) is 18.2 Å². The molecule has 0 saturated carbocycles. The third-order valence-electron chi connectivity index (χ3n) is 6.13. The van der Waals surface area contributed by atoms with Gasteiger partial charge in [0.2, 0.25) is 5.91 Å². The van der Waals surface area contributed by atoms with Gasteiger partial charge in [-0.15, -0.1) is 0 Å². The second-order valence-electron chi connectivity index (χ2n) is 7.85. The van der Waals surface area contributed by atoms with Crippen LogP contribution in [0.2, 0.25) is 0 Å². The number of aromatic nitrogens is 1. The van der Waals surface area contributed by atoms with Crippen LogP contribution in [0, 0.1) is 11.3 Å². The number of piperidine rings is 1. The van der Waals surface area contributed by atoms with E-state index >= 15 is 0 Å². The Morgan fingerprint density at radius 1 is 1.18 bits per heavy atom. The monoisotopic (exact) mass is 377 g/mol. The summed E-state index contributed by atoms with van der Waals surface area (Å²) in [7, 11) is 2.12. The van der Waals surface area contributed by atoms with Gasteiger partial charge in [0, 0.05) is 38.1 Å². The zero-order chi connectivity index (χ0) is 19.5. The minimum atomic E-state index is -0.227. The van der Waals surface area contributed by atoms with E-state index in [2.05, 4.69) is 41.1 Å². The maximum absolute atomic E-state index is 12.6. The van der Waals surface area contributed by atoms with Crippen LogP contribution in [-0.2, 0) is 4.79 Å². The van der Waals surface area contributed by atoms with E-state index in [0.717, 1.165) is 62.0 Å². The number of rotatable bonds is 4. The van der Waals surface area contributed by atoms with Crippen molar-refractivity contribution in [3.05, 3.63) is 36.4 Å². The lowest BCUT2D eigenvalue weighted by Gasteiger charge is -2.37. The average molecular weight is 377 g/mol. The Hall–Kier alpha value is -2.65. The summed E-state index contributed by atoms with van der Waals surface area (Å²) in [5.41, 5.74) is 1.02. The van der Waals surface area contributed by atoms with Crippen molar-refractivity contribution < 1.29 is 4.79 Å². The maximum Gasteiger partial charge on any atom is 0.237 e. The highest BCUT2D eigenvalue weighted by Gasteiger charge is 2.31. The van der Waals surface area contributed by atoms with Crippen molar-refractivity contribution >= 4 is 22.6 Å². The summed E-state index contributed by atoms with van der Waals surface area (Å²) in [5.74, 6) is 1.11. The Morgan fingerprint density at radius 3 is 2.75 bits per heavy atom. The van der Waals surface area contributed by atoms with Crippen LogP contribution in [0.25, 0.3) is 10.9 Å². The zero-order valence-corrected chi connectivity index (χ0v) is 16.4. The number of para-hydroxylation sites is 1. The molecule has 6 nitrogen and oxygen atoms in total. The van der Waals surface area contributed by atoms with Crippen molar-refractivity contribution in [1.29, 1.82) is 5.26 Å². The molecule has 28 heavy (non-hydrogen) atoms. The standard InChI is InChI=1S/C22H27N5O/c1-25(21-9-8-17-5-2-3-7-20(17)24-21)18-10-13-26(14-11-18)16-22(28)27-12-4-6-19(27)15-23/h2-3,5,7-9,18-19H,4,6,10-14,16H2,1H3. The number of hydrogen-bond donors (Lipinski definition) is 0. The first kappa shape index (κ1) is 18.7. The van der Waals surface area contributed by atoms with Gasteiger partial charge >= 0.3 is 0 Å². The molecule has 3 heterocycles. The molecule has 2 saturated heterocycles. The summed E-state index contributed by atoms with van der Waals surface area (Å²) in [6.45, 7) is 2.96. The number of nitrogens with zero attached hydrogens (tertiary/aromatic N) is 5. The van der Waals surface area contributed by atoms with E-state index in [0.29, 0.717) is 12.6 Å². The molecule has 1 atom stereocenters. The molecule has 1 unspecified atom stereocenters. The van der Waals surface area contributed by atoms with Crippen molar-refractivity contribution in [3.8, 4) is 6.07 Å². The largest absolute Gasteiger partial charge is 0.357 e. The van der Waals surface area contributed by atoms with E-state index in [9.17, 15) is 10.1 Å². The minimum absolute atomic E-state index is 0.104. The molecule has 0 spiro atoms. The van der Waals surface area contributed by atoms with Crippen molar-refractivity contribution in [2.45, 2.75) is 37.8 Å². The Kier molecular flexibility index (Phi) is 5.45. The zero-order valence-electron chi connectivity index (χ0n) is 16.4. The highest BCUT2D eigenvalue weighted by molar-refractivity contribution is 5.80. The number of fused-ring (bicyclic) bond motifs is 1. The Balaban J connectivity index is 1.33. The van der Waals surface area contributed by atoms with Crippen molar-refractivity contribution in [3.63, 3.8) is 0 Å². The predicted octanol–water partition coefficient (Wildman–Crippen LogP) is 2.65. The smallest absolute Gasteiger partial charge is 0.237 e. The van der Waals surface area contributed by atoms with Crippen LogP contribution in [0.15, 0.2) is 36.4 Å². The van der Waals surface area contributed by atoms with Crippen LogP contribution < -0.4 is 4.90 Å². The Morgan fingerprint density at radius 2 is 1.96 bits per heavy atom. The van der Waals surface area contributed by atoms with Gasteiger partial charge in [0.05, 0.1) is 18.1 Å². The molecule has 0 aliphatic carbocycles. The van der Waals surface area contributed by atoms with E-state index in [4.69, 9.17) is 4.98 Å². The summed E-state index contributed by atoms with van der Waals surface area (Å²) >= 11 is 0. The molecule has 146 valence electrons. The second-order valence-corrected chi connectivity index (χ2v) is 7.85. The van der Waals surface area contributed by atoms with Gasteiger partial charge in [-0.05, 0) is 43.9 Å². The number of carbonyl (C=O) groups excluding carboxylic acids is 1. The Bertz CT molecular complexity index is 884. The SMILES string of the molecule is CN(c1ccc2ccccc2n1)C1CCN(CC(=O)N2CCCC2C#N)CC1. The molecule has 0 bridgehead atoms. The molecule has 0 N–H and O–H groups in total. The van der Waals surface area contributed by atoms with Gasteiger partial charge < -0.3 is 9.80 Å². The van der Waals surface area contributed by atoms with E-state index < -0.39 is 0 Å². The minimum Gasteiger partial charge on any atom is -0.357 e. The fourth-order valence-electron chi connectivity index (χ4n) is 4.39. The lowest BCUT2D eigenvalue weighted by Crippen LogP contribution is -2.48. The van der Waals surface area contributed by atoms with Crippen LogP contribution in [0.4, 0.5) is 5.82 Å². The normalized spacial score (nSPS) is 21.0. The molecule has 1 amide bonds. The second kappa shape index (κ2) is 8.15. The third kappa shape index (κ3) is 3.81. The third-order valence-corrected chi connectivity index (χ3v) is 6.13. The predicted molar refractivity (Wildman–Crippen MR) is 110 cm³/mol. The molecular weight excluding hydrogens is 350 g/mol. The molecule has 0 radical (unpaired) electrons. The molecule has 1 aromatic carbocycles. The number of pyridine rings is 1. The summed E-state index contributed by atoms with van der Waals surface area (Å²) in [4.78, 5) is 23.6. The van der Waals surface area contributed by atoms with Gasteiger partial charge in [-0.3, -0.25) is 9.69 Å². The van der Waals surface area contributed by atoms with E-state index in [-0.39, 0.29) is 11.9 Å². The Labute approximate surface area is 166 Å². The number of nitriles is 1. The number of benzene rings is 1. The first-order valence-electron chi connectivity index (χ1n) is 10.2. The maximum atomic E-state index is 12.6. The van der Waals surface area contributed by atoms with Gasteiger partial charge in [0.1, 0.15) is 11.9 Å². The fourth-order valence-corrected chi connectivity index (χ4v) is 4.39. The van der Waals surface area contributed by atoms with Crippen LogP contribution in [0.3, 0.4) is 0 Å². The molecule has 1 aromatic heterocycles. The summed E-state index contributed by atoms with van der Waals surface area (Å²) in [5, 5.41) is 10.4. The van der Waals surface area contributed by atoms with Gasteiger partial charge in [-0.2, -0.15) is 5.26 Å². The number of carbonyl (C=O) groups is 1. The lowest BCUT2D eigenvalue weighted by atomic mass is 10.0. The van der Waals surface area contributed by atoms with E-state index in [1.165, 1.54) is 0 Å². The van der Waals surface area contributed by atoms with Crippen LogP contribution >= 0.6 is 0 Å². The van der Waals surface area contributed by atoms with Crippen LogP contribution in [0.1, 0.15) is 25.7 Å². The van der Waals surface area contributed by atoms with Crippen molar-refractivity contribution in [2.24, 2.45) is 0 Å². The quantitative estimate of drug-likeness (QED) is 0.820. The molecule has 4 rings (SSSR count). The molecular formula is C22H27N5O. The van der Waals surface area contributed by atoms with Crippen molar-refractivity contribution in [1.82, 2.24) is 14.8 Å².